The lowest BCUT2D eigenvalue weighted by molar-refractivity contribution is 0.103. The zero-order chi connectivity index (χ0) is 13.1. The molecule has 1 nitrogen and oxygen atoms in total. The summed E-state index contributed by atoms with van der Waals surface area (Å²) in [6.45, 7) is 5.46. The molecule has 0 aromatic heterocycles. The van der Waals surface area contributed by atoms with Crippen molar-refractivity contribution in [1.82, 2.24) is 0 Å². The van der Waals surface area contributed by atoms with Crippen LogP contribution in [-0.4, -0.2) is 9.71 Å². The quantitative estimate of drug-likeness (QED) is 0.326. The first-order valence-electron chi connectivity index (χ1n) is 6.52. The Hall–Kier alpha value is -0.640. The van der Waals surface area contributed by atoms with E-state index in [2.05, 4.69) is 41.3 Å². The minimum absolute atomic E-state index is 0.0533. The third-order valence-corrected chi connectivity index (χ3v) is 4.93. The number of carbonyl (C=O) groups excluding carboxylic acids is 1. The summed E-state index contributed by atoms with van der Waals surface area (Å²) < 4.78 is 0.850. The van der Waals surface area contributed by atoms with Gasteiger partial charge in [0, 0.05) is 9.49 Å². The summed E-state index contributed by atoms with van der Waals surface area (Å²) in [5.74, 6) is 0.738. The summed E-state index contributed by atoms with van der Waals surface area (Å²) in [5, 5.41) is 0. The van der Waals surface area contributed by atoms with Gasteiger partial charge in [-0.2, -0.15) is 0 Å². The molecule has 96 valence electrons. The number of Topliss-reactive ketones (excluding diaryl/α,β-unsaturated/α-hetero) is 1. The van der Waals surface area contributed by atoms with Crippen molar-refractivity contribution in [3.63, 3.8) is 0 Å². The number of allylic oxidation sites excluding steroid dienone is 1. The maximum absolute atomic E-state index is 11.8. The summed E-state index contributed by atoms with van der Waals surface area (Å²) in [6.07, 6.45) is 5.19. The lowest BCUT2D eigenvalue weighted by Crippen LogP contribution is -2.12. The van der Waals surface area contributed by atoms with E-state index in [0.717, 1.165) is 9.49 Å². The Morgan fingerprint density at radius 2 is 1.72 bits per heavy atom. The predicted octanol–water partition coefficient (Wildman–Crippen LogP) is 4.91. The molecule has 1 saturated carbocycles. The summed E-state index contributed by atoms with van der Waals surface area (Å²) in [4.78, 5) is 11.8. The summed E-state index contributed by atoms with van der Waals surface area (Å²) in [7, 11) is 0. The molecule has 0 bridgehead atoms. The first-order valence-corrected chi connectivity index (χ1v) is 7.76. The molecular weight excluding hydrogens is 335 g/mol. The average molecular weight is 354 g/mol. The lowest BCUT2D eigenvalue weighted by atomic mass is 9.83. The fourth-order valence-corrected chi connectivity index (χ4v) is 3.26. The van der Waals surface area contributed by atoms with Gasteiger partial charge in [-0.05, 0) is 49.7 Å². The summed E-state index contributed by atoms with van der Waals surface area (Å²) in [6, 6.07) is 8.13. The van der Waals surface area contributed by atoms with Crippen molar-refractivity contribution in [2.75, 3.05) is 0 Å². The van der Waals surface area contributed by atoms with Crippen LogP contribution < -0.4 is 0 Å². The van der Waals surface area contributed by atoms with Gasteiger partial charge < -0.3 is 0 Å². The first-order chi connectivity index (χ1) is 8.58. The number of halogens is 1. The van der Waals surface area contributed by atoms with Crippen LogP contribution in [0.25, 0.3) is 0 Å². The van der Waals surface area contributed by atoms with Gasteiger partial charge in [0.05, 0.1) is 0 Å². The number of carbonyl (C=O) groups is 1. The van der Waals surface area contributed by atoms with Gasteiger partial charge in [-0.15, -0.1) is 0 Å². The van der Waals surface area contributed by atoms with Crippen LogP contribution in [0.15, 0.2) is 36.4 Å². The van der Waals surface area contributed by atoms with Gasteiger partial charge in [-0.1, -0.05) is 53.4 Å². The molecule has 0 N–H and O–H groups in total. The molecule has 1 aromatic rings. The number of hydrogen-bond donors (Lipinski definition) is 0. The maximum Gasteiger partial charge on any atom is 0.188 e. The van der Waals surface area contributed by atoms with Gasteiger partial charge in [0.15, 0.2) is 5.78 Å². The van der Waals surface area contributed by atoms with Crippen LogP contribution in [0.2, 0.25) is 0 Å². The maximum atomic E-state index is 11.8. The Morgan fingerprint density at radius 3 is 2.22 bits per heavy atom. The average Bonchev–Trinajstić information content (AvgIpc) is 2.39. The molecule has 0 atom stereocenters. The highest BCUT2D eigenvalue weighted by molar-refractivity contribution is 14.1. The molecule has 0 radical (unpaired) electrons. The smallest absolute Gasteiger partial charge is 0.188 e. The topological polar surface area (TPSA) is 17.1 Å². The third-order valence-electron chi connectivity index (χ3n) is 3.69. The Balaban J connectivity index is 2.08. The van der Waals surface area contributed by atoms with Crippen molar-refractivity contribution in [3.8, 4) is 0 Å². The zero-order valence-electron chi connectivity index (χ0n) is 10.8. The molecule has 0 spiro atoms. The van der Waals surface area contributed by atoms with Crippen molar-refractivity contribution in [2.45, 2.75) is 42.4 Å². The van der Waals surface area contributed by atoms with E-state index in [-0.39, 0.29) is 5.78 Å². The van der Waals surface area contributed by atoms with E-state index < -0.39 is 0 Å². The molecule has 1 aliphatic rings. The van der Waals surface area contributed by atoms with Crippen molar-refractivity contribution >= 4 is 28.4 Å². The molecule has 1 aliphatic carbocycles. The molecule has 0 amide bonds. The van der Waals surface area contributed by atoms with Crippen molar-refractivity contribution in [1.29, 1.82) is 0 Å². The third kappa shape index (κ3) is 3.22. The molecule has 0 saturated heterocycles. The van der Waals surface area contributed by atoms with Crippen molar-refractivity contribution in [3.05, 3.63) is 47.5 Å². The molecule has 0 unspecified atom stereocenters. The van der Waals surface area contributed by atoms with Gasteiger partial charge in [-0.3, -0.25) is 4.79 Å². The number of benzene rings is 1. The van der Waals surface area contributed by atoms with E-state index >= 15 is 0 Å². The highest BCUT2D eigenvalue weighted by Crippen LogP contribution is 2.35. The minimum Gasteiger partial charge on any atom is -0.289 e. The fraction of sp³-hybridized carbons (Fsp3) is 0.438. The second kappa shape index (κ2) is 6.00. The van der Waals surface area contributed by atoms with Crippen LogP contribution in [0.5, 0.6) is 0 Å². The van der Waals surface area contributed by atoms with Crippen LogP contribution in [0.1, 0.15) is 54.4 Å². The molecule has 2 rings (SSSR count). The van der Waals surface area contributed by atoms with Crippen LogP contribution >= 0.6 is 22.6 Å². The molecule has 18 heavy (non-hydrogen) atoms. The van der Waals surface area contributed by atoms with E-state index in [1.165, 1.54) is 31.2 Å². The van der Waals surface area contributed by atoms with Crippen molar-refractivity contribution < 1.29 is 4.79 Å². The molecule has 1 aromatic carbocycles. The predicted molar refractivity (Wildman–Crippen MR) is 84.6 cm³/mol. The largest absolute Gasteiger partial charge is 0.289 e. The van der Waals surface area contributed by atoms with E-state index in [1.54, 1.807) is 6.92 Å². The Bertz CT molecular complexity index is 439. The van der Waals surface area contributed by atoms with Crippen LogP contribution in [0.3, 0.4) is 0 Å². The SMILES string of the molecule is C=C(C)C(=O)c1ccc(C2CCC(I)CC2)cc1. The first kappa shape index (κ1) is 13.8. The monoisotopic (exact) mass is 354 g/mol. The van der Waals surface area contributed by atoms with E-state index in [1.807, 2.05) is 12.1 Å². The van der Waals surface area contributed by atoms with E-state index in [9.17, 15) is 4.79 Å². The van der Waals surface area contributed by atoms with Gasteiger partial charge in [0.2, 0.25) is 0 Å². The van der Waals surface area contributed by atoms with Crippen LogP contribution in [0.4, 0.5) is 0 Å². The summed E-state index contributed by atoms with van der Waals surface area (Å²) in [5.41, 5.74) is 2.75. The van der Waals surface area contributed by atoms with Crippen molar-refractivity contribution in [2.24, 2.45) is 0 Å². The second-order valence-corrected chi connectivity index (χ2v) is 6.94. The van der Waals surface area contributed by atoms with Gasteiger partial charge in [-0.25, -0.2) is 0 Å². The number of ketones is 1. The van der Waals surface area contributed by atoms with Crippen LogP contribution in [0, 0.1) is 0 Å². The van der Waals surface area contributed by atoms with Crippen LogP contribution in [-0.2, 0) is 0 Å². The molecule has 1 fully saturated rings. The Labute approximate surface area is 123 Å². The standard InChI is InChI=1S/C16H19IO/c1-11(2)16(18)14-5-3-12(4-6-14)13-7-9-15(17)10-8-13/h3-6,13,15H,1,7-10H2,2H3. The lowest BCUT2D eigenvalue weighted by Gasteiger charge is -2.25. The molecular formula is C16H19IO. The number of rotatable bonds is 3. The van der Waals surface area contributed by atoms with E-state index in [0.29, 0.717) is 11.5 Å². The zero-order valence-corrected chi connectivity index (χ0v) is 12.9. The molecule has 2 heteroatoms. The Kier molecular flexibility index (Phi) is 4.60. The highest BCUT2D eigenvalue weighted by Gasteiger charge is 2.20. The number of alkyl halides is 1. The molecule has 0 heterocycles. The highest BCUT2D eigenvalue weighted by atomic mass is 127. The fourth-order valence-electron chi connectivity index (χ4n) is 2.54. The van der Waals surface area contributed by atoms with E-state index in [4.69, 9.17) is 0 Å². The number of hydrogen-bond acceptors (Lipinski definition) is 1. The normalized spacial score (nSPS) is 23.7. The van der Waals surface area contributed by atoms with Gasteiger partial charge >= 0.3 is 0 Å². The van der Waals surface area contributed by atoms with Gasteiger partial charge in [0.25, 0.3) is 0 Å². The second-order valence-electron chi connectivity index (χ2n) is 5.18. The Morgan fingerprint density at radius 1 is 1.17 bits per heavy atom. The van der Waals surface area contributed by atoms with Gasteiger partial charge in [0.1, 0.15) is 0 Å². The minimum atomic E-state index is 0.0533. The molecule has 0 aliphatic heterocycles. The summed E-state index contributed by atoms with van der Waals surface area (Å²) >= 11 is 2.55.